The lowest BCUT2D eigenvalue weighted by molar-refractivity contribution is 0.0475. The van der Waals surface area contributed by atoms with Gasteiger partial charge in [0.2, 0.25) is 0 Å². The van der Waals surface area contributed by atoms with Gasteiger partial charge in [0.15, 0.2) is 0 Å². The third-order valence-electron chi connectivity index (χ3n) is 3.14. The summed E-state index contributed by atoms with van der Waals surface area (Å²) < 4.78 is 5.85. The largest absolute Gasteiger partial charge is 0.377 e. The van der Waals surface area contributed by atoms with Crippen LogP contribution in [0.25, 0.3) is 0 Å². The first-order valence-corrected chi connectivity index (χ1v) is 6.59. The van der Waals surface area contributed by atoms with Gasteiger partial charge in [-0.3, -0.25) is 0 Å². The Balaban J connectivity index is 2.68. The minimum absolute atomic E-state index is 0.301. The third kappa shape index (κ3) is 4.49. The molecule has 0 aliphatic carbocycles. The van der Waals surface area contributed by atoms with Crippen LogP contribution in [0.3, 0.4) is 0 Å². The van der Waals surface area contributed by atoms with E-state index in [2.05, 4.69) is 57.3 Å². The Morgan fingerprint density at radius 3 is 2.53 bits per heavy atom. The molecule has 0 amide bonds. The number of rotatable bonds is 7. The van der Waals surface area contributed by atoms with Crippen molar-refractivity contribution in [3.8, 4) is 0 Å². The predicted octanol–water partition coefficient (Wildman–Crippen LogP) is 3.46. The van der Waals surface area contributed by atoms with E-state index in [0.717, 1.165) is 19.6 Å². The first-order chi connectivity index (χ1) is 8.19. The van der Waals surface area contributed by atoms with Gasteiger partial charge < -0.3 is 10.1 Å². The Morgan fingerprint density at radius 1 is 1.24 bits per heavy atom. The first kappa shape index (κ1) is 14.2. The van der Waals surface area contributed by atoms with Crippen molar-refractivity contribution in [3.05, 3.63) is 35.4 Å². The molecule has 0 radical (unpaired) electrons. The lowest BCUT2D eigenvalue weighted by atomic mass is 10.0. The number of ether oxygens (including phenoxy) is 1. The zero-order valence-corrected chi connectivity index (χ0v) is 11.5. The molecule has 0 spiro atoms. The van der Waals surface area contributed by atoms with Crippen LogP contribution in [0.2, 0.25) is 0 Å². The van der Waals surface area contributed by atoms with E-state index in [1.807, 2.05) is 0 Å². The van der Waals surface area contributed by atoms with Crippen molar-refractivity contribution in [2.75, 3.05) is 13.2 Å². The molecule has 0 aromatic heterocycles. The fourth-order valence-electron chi connectivity index (χ4n) is 1.86. The van der Waals surface area contributed by atoms with Crippen molar-refractivity contribution in [1.82, 2.24) is 5.32 Å². The number of hydrogen-bond donors (Lipinski definition) is 1. The van der Waals surface area contributed by atoms with Crippen LogP contribution in [0.5, 0.6) is 0 Å². The summed E-state index contributed by atoms with van der Waals surface area (Å²) in [5, 5.41) is 3.49. The SMILES string of the molecule is CCNC(COC(C)CC)c1ccccc1C. The van der Waals surface area contributed by atoms with Crippen molar-refractivity contribution in [3.63, 3.8) is 0 Å². The van der Waals surface area contributed by atoms with Gasteiger partial charge in [-0.15, -0.1) is 0 Å². The van der Waals surface area contributed by atoms with E-state index in [-0.39, 0.29) is 0 Å². The second-order valence-electron chi connectivity index (χ2n) is 4.52. The van der Waals surface area contributed by atoms with E-state index in [9.17, 15) is 0 Å². The van der Waals surface area contributed by atoms with E-state index in [1.165, 1.54) is 11.1 Å². The fraction of sp³-hybridized carbons (Fsp3) is 0.600. The molecule has 0 aliphatic rings. The average Bonchev–Trinajstić information content (AvgIpc) is 2.35. The van der Waals surface area contributed by atoms with Gasteiger partial charge in [-0.1, -0.05) is 38.1 Å². The Kier molecular flexibility index (Phi) is 6.23. The van der Waals surface area contributed by atoms with Crippen LogP contribution in [0.4, 0.5) is 0 Å². The first-order valence-electron chi connectivity index (χ1n) is 6.59. The monoisotopic (exact) mass is 235 g/mol. The van der Waals surface area contributed by atoms with Crippen molar-refractivity contribution >= 4 is 0 Å². The molecular formula is C15H25NO. The average molecular weight is 235 g/mol. The van der Waals surface area contributed by atoms with Crippen LogP contribution in [-0.2, 0) is 4.74 Å². The summed E-state index contributed by atoms with van der Waals surface area (Å²) >= 11 is 0. The lowest BCUT2D eigenvalue weighted by Gasteiger charge is -2.22. The second kappa shape index (κ2) is 7.46. The van der Waals surface area contributed by atoms with E-state index < -0.39 is 0 Å². The summed E-state index contributed by atoms with van der Waals surface area (Å²) in [5.74, 6) is 0. The molecule has 17 heavy (non-hydrogen) atoms. The maximum absolute atomic E-state index is 5.85. The molecular weight excluding hydrogens is 210 g/mol. The highest BCUT2D eigenvalue weighted by Crippen LogP contribution is 2.18. The molecule has 1 aromatic rings. The molecule has 2 heteroatoms. The predicted molar refractivity (Wildman–Crippen MR) is 73.3 cm³/mol. The van der Waals surface area contributed by atoms with Crippen LogP contribution in [0, 0.1) is 6.92 Å². The maximum Gasteiger partial charge on any atom is 0.0665 e. The molecule has 1 rings (SSSR count). The molecule has 1 N–H and O–H groups in total. The van der Waals surface area contributed by atoms with Crippen LogP contribution in [-0.4, -0.2) is 19.3 Å². The highest BCUT2D eigenvalue weighted by molar-refractivity contribution is 5.28. The van der Waals surface area contributed by atoms with Gasteiger partial charge in [0.25, 0.3) is 0 Å². The van der Waals surface area contributed by atoms with E-state index in [4.69, 9.17) is 4.74 Å². The van der Waals surface area contributed by atoms with Gasteiger partial charge in [-0.2, -0.15) is 0 Å². The molecule has 2 nitrogen and oxygen atoms in total. The summed E-state index contributed by atoms with van der Waals surface area (Å²) in [6.45, 7) is 10.3. The van der Waals surface area contributed by atoms with E-state index in [0.29, 0.717) is 12.1 Å². The van der Waals surface area contributed by atoms with Crippen molar-refractivity contribution in [2.45, 2.75) is 46.3 Å². The van der Waals surface area contributed by atoms with Crippen LogP contribution >= 0.6 is 0 Å². The zero-order chi connectivity index (χ0) is 12.7. The molecule has 0 saturated heterocycles. The molecule has 96 valence electrons. The maximum atomic E-state index is 5.85. The van der Waals surface area contributed by atoms with Crippen LogP contribution in [0.15, 0.2) is 24.3 Å². The van der Waals surface area contributed by atoms with Crippen molar-refractivity contribution in [1.29, 1.82) is 0 Å². The number of benzene rings is 1. The molecule has 0 aliphatic heterocycles. The molecule has 0 bridgehead atoms. The van der Waals surface area contributed by atoms with Gasteiger partial charge in [0.1, 0.15) is 0 Å². The molecule has 2 unspecified atom stereocenters. The zero-order valence-electron chi connectivity index (χ0n) is 11.5. The molecule has 1 aromatic carbocycles. The Hall–Kier alpha value is -0.860. The molecule has 0 saturated carbocycles. The Morgan fingerprint density at radius 2 is 1.94 bits per heavy atom. The highest BCUT2D eigenvalue weighted by Gasteiger charge is 2.13. The standard InChI is InChI=1S/C15H25NO/c1-5-13(4)17-11-15(16-6-2)14-10-8-7-9-12(14)3/h7-10,13,15-16H,5-6,11H2,1-4H3. The summed E-state index contributed by atoms with van der Waals surface area (Å²) in [6, 6.07) is 8.81. The molecule has 0 heterocycles. The topological polar surface area (TPSA) is 21.3 Å². The number of nitrogens with one attached hydrogen (secondary N) is 1. The van der Waals surface area contributed by atoms with Gasteiger partial charge in [-0.25, -0.2) is 0 Å². The summed E-state index contributed by atoms with van der Waals surface area (Å²) in [7, 11) is 0. The fourth-order valence-corrected chi connectivity index (χ4v) is 1.86. The van der Waals surface area contributed by atoms with Crippen LogP contribution in [0.1, 0.15) is 44.4 Å². The molecule has 0 fully saturated rings. The summed E-state index contributed by atoms with van der Waals surface area (Å²) in [6.07, 6.45) is 1.40. The van der Waals surface area contributed by atoms with Gasteiger partial charge >= 0.3 is 0 Å². The summed E-state index contributed by atoms with van der Waals surface area (Å²) in [4.78, 5) is 0. The number of hydrogen-bond acceptors (Lipinski definition) is 2. The third-order valence-corrected chi connectivity index (χ3v) is 3.14. The van der Waals surface area contributed by atoms with E-state index >= 15 is 0 Å². The Labute approximate surface area is 105 Å². The summed E-state index contributed by atoms with van der Waals surface area (Å²) in [5.41, 5.74) is 2.67. The quantitative estimate of drug-likeness (QED) is 0.781. The van der Waals surface area contributed by atoms with Gasteiger partial charge in [-0.05, 0) is 37.9 Å². The van der Waals surface area contributed by atoms with Crippen LogP contribution < -0.4 is 5.32 Å². The minimum Gasteiger partial charge on any atom is -0.377 e. The van der Waals surface area contributed by atoms with Crippen molar-refractivity contribution in [2.24, 2.45) is 0 Å². The normalized spacial score (nSPS) is 14.6. The van der Waals surface area contributed by atoms with Crippen molar-refractivity contribution < 1.29 is 4.74 Å². The number of likely N-dealkylation sites (N-methyl/N-ethyl adjacent to an activating group) is 1. The smallest absolute Gasteiger partial charge is 0.0665 e. The molecule has 2 atom stereocenters. The minimum atomic E-state index is 0.301. The second-order valence-corrected chi connectivity index (χ2v) is 4.52. The van der Waals surface area contributed by atoms with Gasteiger partial charge in [0, 0.05) is 0 Å². The number of aryl methyl sites for hydroxylation is 1. The Bertz CT molecular complexity index is 324. The van der Waals surface area contributed by atoms with E-state index in [1.54, 1.807) is 0 Å². The highest BCUT2D eigenvalue weighted by atomic mass is 16.5. The van der Waals surface area contributed by atoms with Gasteiger partial charge in [0.05, 0.1) is 18.8 Å². The lowest BCUT2D eigenvalue weighted by Crippen LogP contribution is -2.27.